The molecule has 1 N–H and O–H groups in total. The van der Waals surface area contributed by atoms with Crippen molar-refractivity contribution in [3.05, 3.63) is 101 Å². The SMILES string of the molecule is Cn1ccc(-c2nc3[nH]c(-c4ccccc4)cc(=O)c3cc2-c2ccc3ncccc3c2)n1. The Morgan fingerprint density at radius 1 is 0.879 bits per heavy atom. The van der Waals surface area contributed by atoms with Crippen LogP contribution in [0.3, 0.4) is 0 Å². The second kappa shape index (κ2) is 7.53. The molecule has 0 unspecified atom stereocenters. The Labute approximate surface area is 189 Å². The van der Waals surface area contributed by atoms with Gasteiger partial charge in [-0.1, -0.05) is 42.5 Å². The summed E-state index contributed by atoms with van der Waals surface area (Å²) in [6.07, 6.45) is 3.67. The van der Waals surface area contributed by atoms with Crippen LogP contribution < -0.4 is 5.43 Å². The topological polar surface area (TPSA) is 76.5 Å². The highest BCUT2D eigenvalue weighted by Crippen LogP contribution is 2.33. The van der Waals surface area contributed by atoms with Gasteiger partial charge in [-0.3, -0.25) is 14.5 Å². The summed E-state index contributed by atoms with van der Waals surface area (Å²) in [5.74, 6) is 0. The quantitative estimate of drug-likeness (QED) is 0.419. The average molecular weight is 429 g/mol. The zero-order valence-corrected chi connectivity index (χ0v) is 17.9. The Balaban J connectivity index is 1.63. The van der Waals surface area contributed by atoms with Crippen LogP contribution in [0.4, 0.5) is 0 Å². The van der Waals surface area contributed by atoms with E-state index in [1.54, 1.807) is 16.9 Å². The van der Waals surface area contributed by atoms with E-state index in [1.807, 2.05) is 80.0 Å². The third-order valence-corrected chi connectivity index (χ3v) is 5.77. The van der Waals surface area contributed by atoms with Crippen LogP contribution in [-0.2, 0) is 7.05 Å². The number of rotatable bonds is 3. The highest BCUT2D eigenvalue weighted by Gasteiger charge is 2.16. The van der Waals surface area contributed by atoms with Gasteiger partial charge in [0.15, 0.2) is 5.43 Å². The normalized spacial score (nSPS) is 11.3. The lowest BCUT2D eigenvalue weighted by Crippen LogP contribution is -2.06. The van der Waals surface area contributed by atoms with E-state index in [0.29, 0.717) is 16.7 Å². The number of aromatic nitrogens is 5. The summed E-state index contributed by atoms with van der Waals surface area (Å²) in [5.41, 5.74) is 6.31. The standard InChI is InChI=1S/C27H19N5O/c1-32-13-11-23(31-32)26-20(18-9-10-22-19(14-18)8-5-12-28-22)15-21-25(33)16-24(29-27(21)30-26)17-6-3-2-4-7-17/h2-16H,1H3,(H,29,30,33). The third-order valence-electron chi connectivity index (χ3n) is 5.77. The van der Waals surface area contributed by atoms with Crippen LogP contribution in [0.15, 0.2) is 96.1 Å². The van der Waals surface area contributed by atoms with Crippen LogP contribution in [0.2, 0.25) is 0 Å². The minimum absolute atomic E-state index is 0.0774. The minimum atomic E-state index is -0.0774. The lowest BCUT2D eigenvalue weighted by Gasteiger charge is -2.11. The number of fused-ring (bicyclic) bond motifs is 2. The van der Waals surface area contributed by atoms with Crippen LogP contribution in [0.1, 0.15) is 0 Å². The largest absolute Gasteiger partial charge is 0.339 e. The number of nitrogens with zero attached hydrogens (tertiary/aromatic N) is 4. The van der Waals surface area contributed by atoms with Gasteiger partial charge in [0.1, 0.15) is 17.0 Å². The molecule has 0 saturated heterocycles. The molecule has 0 aliphatic carbocycles. The molecule has 0 spiro atoms. The summed E-state index contributed by atoms with van der Waals surface area (Å²) in [7, 11) is 1.88. The summed E-state index contributed by atoms with van der Waals surface area (Å²) >= 11 is 0. The second-order valence-corrected chi connectivity index (χ2v) is 7.98. The molecule has 0 atom stereocenters. The van der Waals surface area contributed by atoms with Crippen LogP contribution in [0.5, 0.6) is 0 Å². The Kier molecular flexibility index (Phi) is 4.36. The molecule has 2 aromatic carbocycles. The zero-order chi connectivity index (χ0) is 22.4. The number of pyridine rings is 3. The molecule has 0 radical (unpaired) electrons. The lowest BCUT2D eigenvalue weighted by molar-refractivity contribution is 0.770. The first kappa shape index (κ1) is 19.1. The van der Waals surface area contributed by atoms with E-state index in [4.69, 9.17) is 4.98 Å². The van der Waals surface area contributed by atoms with E-state index in [1.165, 1.54) is 0 Å². The van der Waals surface area contributed by atoms with Crippen LogP contribution in [0, 0.1) is 0 Å². The van der Waals surface area contributed by atoms with E-state index in [2.05, 4.69) is 21.1 Å². The molecule has 0 fully saturated rings. The van der Waals surface area contributed by atoms with Crippen molar-refractivity contribution in [1.82, 2.24) is 24.7 Å². The van der Waals surface area contributed by atoms with Gasteiger partial charge in [-0.05, 0) is 41.5 Å². The van der Waals surface area contributed by atoms with Gasteiger partial charge in [-0.15, -0.1) is 0 Å². The third kappa shape index (κ3) is 3.38. The molecule has 6 heteroatoms. The molecule has 6 rings (SSSR count). The summed E-state index contributed by atoms with van der Waals surface area (Å²) in [5, 5.41) is 6.15. The smallest absolute Gasteiger partial charge is 0.191 e. The molecule has 0 saturated carbocycles. The Bertz CT molecular complexity index is 1700. The van der Waals surface area contributed by atoms with E-state index in [-0.39, 0.29) is 5.43 Å². The fraction of sp³-hybridized carbons (Fsp3) is 0.0370. The molecule has 33 heavy (non-hydrogen) atoms. The van der Waals surface area contributed by atoms with Crippen LogP contribution in [0.25, 0.3) is 55.7 Å². The van der Waals surface area contributed by atoms with Crippen LogP contribution >= 0.6 is 0 Å². The van der Waals surface area contributed by atoms with Crippen molar-refractivity contribution in [2.24, 2.45) is 7.05 Å². The molecule has 6 nitrogen and oxygen atoms in total. The summed E-state index contributed by atoms with van der Waals surface area (Å²) in [6, 6.07) is 25.3. The summed E-state index contributed by atoms with van der Waals surface area (Å²) in [4.78, 5) is 25.8. The van der Waals surface area contributed by atoms with Crippen molar-refractivity contribution in [3.63, 3.8) is 0 Å². The number of aryl methyl sites for hydroxylation is 1. The number of nitrogens with one attached hydrogen (secondary N) is 1. The first-order valence-corrected chi connectivity index (χ1v) is 10.6. The lowest BCUT2D eigenvalue weighted by atomic mass is 9.98. The molecular formula is C27H19N5O. The molecule has 0 aliphatic rings. The zero-order valence-electron chi connectivity index (χ0n) is 17.9. The van der Waals surface area contributed by atoms with Gasteiger partial charge in [-0.25, -0.2) is 4.98 Å². The van der Waals surface area contributed by atoms with E-state index < -0.39 is 0 Å². The monoisotopic (exact) mass is 429 g/mol. The Hall–Kier alpha value is -4.58. The molecule has 0 aliphatic heterocycles. The van der Waals surface area contributed by atoms with Gasteiger partial charge >= 0.3 is 0 Å². The number of H-pyrrole nitrogens is 1. The van der Waals surface area contributed by atoms with Gasteiger partial charge in [0.25, 0.3) is 0 Å². The van der Waals surface area contributed by atoms with E-state index in [9.17, 15) is 4.79 Å². The number of hydrogen-bond donors (Lipinski definition) is 1. The number of aromatic amines is 1. The second-order valence-electron chi connectivity index (χ2n) is 7.98. The molecular weight excluding hydrogens is 410 g/mol. The maximum Gasteiger partial charge on any atom is 0.191 e. The summed E-state index contributed by atoms with van der Waals surface area (Å²) in [6.45, 7) is 0. The summed E-state index contributed by atoms with van der Waals surface area (Å²) < 4.78 is 1.75. The van der Waals surface area contributed by atoms with Crippen molar-refractivity contribution < 1.29 is 0 Å². The maximum absolute atomic E-state index is 13.1. The maximum atomic E-state index is 13.1. The minimum Gasteiger partial charge on any atom is -0.339 e. The van der Waals surface area contributed by atoms with Gasteiger partial charge in [0.05, 0.1) is 16.6 Å². The molecule has 4 aromatic heterocycles. The number of benzene rings is 2. The van der Waals surface area contributed by atoms with E-state index >= 15 is 0 Å². The first-order valence-electron chi connectivity index (χ1n) is 10.6. The number of hydrogen-bond acceptors (Lipinski definition) is 4. The van der Waals surface area contributed by atoms with Crippen molar-refractivity contribution in [2.75, 3.05) is 0 Å². The first-order chi connectivity index (χ1) is 16.2. The van der Waals surface area contributed by atoms with Gasteiger partial charge < -0.3 is 4.98 Å². The Morgan fingerprint density at radius 3 is 2.58 bits per heavy atom. The van der Waals surface area contributed by atoms with Gasteiger partial charge in [-0.2, -0.15) is 5.10 Å². The van der Waals surface area contributed by atoms with Gasteiger partial charge in [0.2, 0.25) is 0 Å². The molecule has 158 valence electrons. The molecule has 4 heterocycles. The van der Waals surface area contributed by atoms with Crippen molar-refractivity contribution >= 4 is 21.9 Å². The van der Waals surface area contributed by atoms with Crippen molar-refractivity contribution in [2.45, 2.75) is 0 Å². The molecule has 0 amide bonds. The van der Waals surface area contributed by atoms with Gasteiger partial charge in [0, 0.05) is 36.5 Å². The average Bonchev–Trinajstić information content (AvgIpc) is 3.29. The van der Waals surface area contributed by atoms with Crippen molar-refractivity contribution in [1.29, 1.82) is 0 Å². The molecule has 0 bridgehead atoms. The fourth-order valence-corrected chi connectivity index (χ4v) is 4.14. The van der Waals surface area contributed by atoms with Crippen LogP contribution in [-0.4, -0.2) is 24.7 Å². The molecule has 6 aromatic rings. The Morgan fingerprint density at radius 2 is 1.76 bits per heavy atom. The van der Waals surface area contributed by atoms with E-state index in [0.717, 1.165) is 39.0 Å². The fourth-order valence-electron chi connectivity index (χ4n) is 4.14. The highest BCUT2D eigenvalue weighted by atomic mass is 16.1. The highest BCUT2D eigenvalue weighted by molar-refractivity contribution is 5.93. The van der Waals surface area contributed by atoms with Crippen molar-refractivity contribution in [3.8, 4) is 33.8 Å². The predicted octanol–water partition coefficient (Wildman–Crippen LogP) is 5.21. The predicted molar refractivity (Wildman–Crippen MR) is 131 cm³/mol.